The molecular formula is C14H22BrN. The molecule has 0 aromatic heterocycles. The van der Waals surface area contributed by atoms with Crippen molar-refractivity contribution in [2.24, 2.45) is 5.92 Å². The van der Waals surface area contributed by atoms with Gasteiger partial charge in [-0.3, -0.25) is 0 Å². The van der Waals surface area contributed by atoms with Crippen LogP contribution < -0.4 is 5.32 Å². The van der Waals surface area contributed by atoms with E-state index in [1.807, 2.05) is 0 Å². The highest BCUT2D eigenvalue weighted by molar-refractivity contribution is 9.09. The molecule has 1 rings (SSSR count). The summed E-state index contributed by atoms with van der Waals surface area (Å²) in [6.45, 7) is 9.84. The zero-order chi connectivity index (χ0) is 12.1. The van der Waals surface area contributed by atoms with Crippen LogP contribution in [0.5, 0.6) is 0 Å². The summed E-state index contributed by atoms with van der Waals surface area (Å²) in [5, 5.41) is 4.63. The molecule has 1 nitrogen and oxygen atoms in total. The fraction of sp³-hybridized carbons (Fsp3) is 0.571. The molecule has 0 aliphatic carbocycles. The van der Waals surface area contributed by atoms with Gasteiger partial charge in [0.25, 0.3) is 0 Å². The van der Waals surface area contributed by atoms with E-state index in [2.05, 4.69) is 67.1 Å². The number of halogens is 1. The summed E-state index contributed by atoms with van der Waals surface area (Å²) in [4.78, 5) is 0. The molecule has 2 heteroatoms. The van der Waals surface area contributed by atoms with Crippen LogP contribution >= 0.6 is 15.9 Å². The van der Waals surface area contributed by atoms with Crippen molar-refractivity contribution in [2.45, 2.75) is 40.3 Å². The number of benzene rings is 1. The molecule has 0 heterocycles. The van der Waals surface area contributed by atoms with Crippen molar-refractivity contribution in [1.29, 1.82) is 0 Å². The van der Waals surface area contributed by atoms with Crippen LogP contribution in [0.2, 0.25) is 0 Å². The summed E-state index contributed by atoms with van der Waals surface area (Å²) in [7, 11) is 0. The van der Waals surface area contributed by atoms with Gasteiger partial charge >= 0.3 is 0 Å². The summed E-state index contributed by atoms with van der Waals surface area (Å²) in [5.41, 5.74) is 4.20. The average Bonchev–Trinajstić information content (AvgIpc) is 2.22. The van der Waals surface area contributed by atoms with Gasteiger partial charge in [-0.2, -0.15) is 0 Å². The smallest absolute Gasteiger partial charge is 0.0213 e. The Bertz CT molecular complexity index is 313. The SMILES string of the molecule is Cc1cccc(C)c1CNC(CBr)C(C)C. The topological polar surface area (TPSA) is 12.0 Å². The van der Waals surface area contributed by atoms with Gasteiger partial charge in [-0.1, -0.05) is 48.0 Å². The van der Waals surface area contributed by atoms with Crippen LogP contribution in [0.4, 0.5) is 0 Å². The second kappa shape index (κ2) is 6.41. The lowest BCUT2D eigenvalue weighted by Gasteiger charge is -2.21. The monoisotopic (exact) mass is 283 g/mol. The maximum absolute atomic E-state index is 3.62. The summed E-state index contributed by atoms with van der Waals surface area (Å²) in [6.07, 6.45) is 0. The Kier molecular flexibility index (Phi) is 5.50. The lowest BCUT2D eigenvalue weighted by Crippen LogP contribution is -2.35. The van der Waals surface area contributed by atoms with E-state index in [4.69, 9.17) is 0 Å². The van der Waals surface area contributed by atoms with E-state index in [0.717, 1.165) is 11.9 Å². The van der Waals surface area contributed by atoms with E-state index < -0.39 is 0 Å². The van der Waals surface area contributed by atoms with Gasteiger partial charge in [0.1, 0.15) is 0 Å². The van der Waals surface area contributed by atoms with Crippen molar-refractivity contribution in [3.05, 3.63) is 34.9 Å². The molecule has 1 aromatic carbocycles. The van der Waals surface area contributed by atoms with Gasteiger partial charge in [0.2, 0.25) is 0 Å². The fourth-order valence-electron chi connectivity index (χ4n) is 1.83. The summed E-state index contributed by atoms with van der Waals surface area (Å²) < 4.78 is 0. The van der Waals surface area contributed by atoms with Crippen molar-refractivity contribution in [3.8, 4) is 0 Å². The van der Waals surface area contributed by atoms with Gasteiger partial charge in [0, 0.05) is 17.9 Å². The van der Waals surface area contributed by atoms with E-state index in [9.17, 15) is 0 Å². The third kappa shape index (κ3) is 3.60. The molecule has 0 saturated heterocycles. The first kappa shape index (κ1) is 13.7. The predicted octanol–water partition coefficient (Wildman–Crippen LogP) is 3.81. The highest BCUT2D eigenvalue weighted by atomic mass is 79.9. The first-order valence-corrected chi connectivity index (χ1v) is 7.02. The van der Waals surface area contributed by atoms with Gasteiger partial charge in [0.05, 0.1) is 0 Å². The minimum Gasteiger partial charge on any atom is -0.309 e. The van der Waals surface area contributed by atoms with E-state index in [1.54, 1.807) is 0 Å². The number of aryl methyl sites for hydroxylation is 2. The second-order valence-electron chi connectivity index (χ2n) is 4.76. The standard InChI is InChI=1S/C14H22BrN/c1-10(2)14(8-15)16-9-13-11(3)6-5-7-12(13)4/h5-7,10,14,16H,8-9H2,1-4H3. The van der Waals surface area contributed by atoms with Crippen LogP contribution in [0.3, 0.4) is 0 Å². The van der Waals surface area contributed by atoms with Gasteiger partial charge in [-0.15, -0.1) is 0 Å². The lowest BCUT2D eigenvalue weighted by atomic mass is 10.0. The molecule has 16 heavy (non-hydrogen) atoms. The Morgan fingerprint density at radius 1 is 1.19 bits per heavy atom. The quantitative estimate of drug-likeness (QED) is 0.811. The van der Waals surface area contributed by atoms with Gasteiger partial charge < -0.3 is 5.32 Å². The minimum atomic E-state index is 0.541. The van der Waals surface area contributed by atoms with Crippen molar-refractivity contribution in [3.63, 3.8) is 0 Å². The Hall–Kier alpha value is -0.340. The van der Waals surface area contributed by atoms with Crippen molar-refractivity contribution in [1.82, 2.24) is 5.32 Å². The van der Waals surface area contributed by atoms with Crippen LogP contribution in [0, 0.1) is 19.8 Å². The third-order valence-electron chi connectivity index (χ3n) is 3.16. The maximum atomic E-state index is 3.62. The van der Waals surface area contributed by atoms with Crippen molar-refractivity contribution < 1.29 is 0 Å². The third-order valence-corrected chi connectivity index (χ3v) is 3.85. The maximum Gasteiger partial charge on any atom is 0.0213 e. The largest absolute Gasteiger partial charge is 0.309 e. The molecular weight excluding hydrogens is 262 g/mol. The first-order chi connectivity index (χ1) is 7.56. The van der Waals surface area contributed by atoms with Crippen LogP contribution in [-0.4, -0.2) is 11.4 Å². The molecule has 0 radical (unpaired) electrons. The number of rotatable bonds is 5. The molecule has 1 unspecified atom stereocenters. The summed E-state index contributed by atoms with van der Waals surface area (Å²) in [5.74, 6) is 0.656. The molecule has 1 atom stereocenters. The number of nitrogens with one attached hydrogen (secondary N) is 1. The zero-order valence-electron chi connectivity index (χ0n) is 10.7. The Morgan fingerprint density at radius 3 is 2.19 bits per heavy atom. The minimum absolute atomic E-state index is 0.541. The van der Waals surface area contributed by atoms with E-state index >= 15 is 0 Å². The van der Waals surface area contributed by atoms with Crippen LogP contribution in [-0.2, 0) is 6.54 Å². The van der Waals surface area contributed by atoms with E-state index in [1.165, 1.54) is 16.7 Å². The molecule has 0 bridgehead atoms. The summed E-state index contributed by atoms with van der Waals surface area (Å²) >= 11 is 3.56. The Balaban J connectivity index is 2.67. The zero-order valence-corrected chi connectivity index (χ0v) is 12.3. The number of hydrogen-bond acceptors (Lipinski definition) is 1. The molecule has 0 aliphatic rings. The number of hydrogen-bond donors (Lipinski definition) is 1. The van der Waals surface area contributed by atoms with E-state index in [0.29, 0.717) is 12.0 Å². The number of alkyl halides is 1. The van der Waals surface area contributed by atoms with Crippen LogP contribution in [0.25, 0.3) is 0 Å². The van der Waals surface area contributed by atoms with Gasteiger partial charge in [0.15, 0.2) is 0 Å². The molecule has 1 aromatic rings. The lowest BCUT2D eigenvalue weighted by molar-refractivity contribution is 0.433. The van der Waals surface area contributed by atoms with Crippen molar-refractivity contribution >= 4 is 15.9 Å². The fourth-order valence-corrected chi connectivity index (χ4v) is 2.81. The molecule has 0 saturated carbocycles. The molecule has 90 valence electrons. The Morgan fingerprint density at radius 2 is 1.75 bits per heavy atom. The molecule has 0 aliphatic heterocycles. The van der Waals surface area contributed by atoms with Crippen molar-refractivity contribution in [2.75, 3.05) is 5.33 Å². The highest BCUT2D eigenvalue weighted by Gasteiger charge is 2.11. The van der Waals surface area contributed by atoms with Crippen LogP contribution in [0.15, 0.2) is 18.2 Å². The normalized spacial score (nSPS) is 13.1. The molecule has 0 fully saturated rings. The first-order valence-electron chi connectivity index (χ1n) is 5.90. The molecule has 0 spiro atoms. The summed E-state index contributed by atoms with van der Waals surface area (Å²) in [6, 6.07) is 7.03. The molecule has 1 N–H and O–H groups in total. The predicted molar refractivity (Wildman–Crippen MR) is 75.2 cm³/mol. The molecule has 0 amide bonds. The Labute approximate surface area is 108 Å². The van der Waals surface area contributed by atoms with Crippen LogP contribution in [0.1, 0.15) is 30.5 Å². The van der Waals surface area contributed by atoms with Gasteiger partial charge in [-0.05, 0) is 36.5 Å². The second-order valence-corrected chi connectivity index (χ2v) is 5.40. The highest BCUT2D eigenvalue weighted by Crippen LogP contribution is 2.14. The average molecular weight is 284 g/mol. The van der Waals surface area contributed by atoms with Gasteiger partial charge in [-0.25, -0.2) is 0 Å². The van der Waals surface area contributed by atoms with E-state index in [-0.39, 0.29) is 0 Å².